The van der Waals surface area contributed by atoms with Gasteiger partial charge in [-0.2, -0.15) is 0 Å². The van der Waals surface area contributed by atoms with E-state index in [2.05, 4.69) is 0 Å². The molecule has 0 aromatic heterocycles. The highest BCUT2D eigenvalue weighted by molar-refractivity contribution is 5.94. The van der Waals surface area contributed by atoms with Gasteiger partial charge in [-0.3, -0.25) is 9.59 Å². The molecule has 2 rings (SSSR count). The average Bonchev–Trinajstić information content (AvgIpc) is 2.54. The van der Waals surface area contributed by atoms with Crippen molar-refractivity contribution in [3.63, 3.8) is 0 Å². The minimum absolute atomic E-state index is 0.0871. The van der Waals surface area contributed by atoms with Crippen LogP contribution in [-0.4, -0.2) is 53.8 Å². The molecule has 0 aliphatic carbocycles. The molecule has 0 saturated carbocycles. The van der Waals surface area contributed by atoms with Crippen molar-refractivity contribution in [3.05, 3.63) is 35.1 Å². The SMILES string of the molecule is Cc1ccc(C(=O)N2CCN(C(=O)[C@@H](N)C(C)(C)C)CC2)cc1F. The van der Waals surface area contributed by atoms with Crippen LogP contribution in [0.25, 0.3) is 0 Å². The van der Waals surface area contributed by atoms with Gasteiger partial charge in [0, 0.05) is 31.7 Å². The van der Waals surface area contributed by atoms with Gasteiger partial charge in [0.05, 0.1) is 6.04 Å². The van der Waals surface area contributed by atoms with Crippen molar-refractivity contribution in [2.75, 3.05) is 26.2 Å². The third kappa shape index (κ3) is 3.93. The van der Waals surface area contributed by atoms with Crippen LogP contribution in [0.1, 0.15) is 36.7 Å². The van der Waals surface area contributed by atoms with E-state index >= 15 is 0 Å². The fourth-order valence-corrected chi connectivity index (χ4v) is 2.61. The van der Waals surface area contributed by atoms with Crippen LogP contribution in [0.2, 0.25) is 0 Å². The van der Waals surface area contributed by atoms with Crippen LogP contribution >= 0.6 is 0 Å². The minimum atomic E-state index is -0.564. The molecule has 2 N–H and O–H groups in total. The van der Waals surface area contributed by atoms with Gasteiger partial charge in [0.1, 0.15) is 5.82 Å². The van der Waals surface area contributed by atoms with Crippen molar-refractivity contribution in [2.24, 2.45) is 11.1 Å². The van der Waals surface area contributed by atoms with Gasteiger partial charge in [0.15, 0.2) is 0 Å². The lowest BCUT2D eigenvalue weighted by molar-refractivity contribution is -0.136. The molecule has 24 heavy (non-hydrogen) atoms. The summed E-state index contributed by atoms with van der Waals surface area (Å²) in [5, 5.41) is 0. The number of benzene rings is 1. The van der Waals surface area contributed by atoms with Crippen molar-refractivity contribution >= 4 is 11.8 Å². The number of aryl methyl sites for hydroxylation is 1. The summed E-state index contributed by atoms with van der Waals surface area (Å²) in [6.45, 7) is 9.20. The molecule has 1 atom stereocenters. The highest BCUT2D eigenvalue weighted by atomic mass is 19.1. The lowest BCUT2D eigenvalue weighted by Crippen LogP contribution is -2.56. The highest BCUT2D eigenvalue weighted by Crippen LogP contribution is 2.20. The summed E-state index contributed by atoms with van der Waals surface area (Å²) >= 11 is 0. The van der Waals surface area contributed by atoms with E-state index in [1.165, 1.54) is 6.07 Å². The Hall–Kier alpha value is -1.95. The van der Waals surface area contributed by atoms with E-state index in [0.717, 1.165) is 0 Å². The molecule has 5 nitrogen and oxygen atoms in total. The third-order valence-corrected chi connectivity index (χ3v) is 4.50. The van der Waals surface area contributed by atoms with Crippen LogP contribution in [0.4, 0.5) is 4.39 Å². The van der Waals surface area contributed by atoms with Gasteiger partial charge in [0.2, 0.25) is 5.91 Å². The molecule has 1 aliphatic rings. The third-order valence-electron chi connectivity index (χ3n) is 4.50. The summed E-state index contributed by atoms with van der Waals surface area (Å²) in [6, 6.07) is 3.94. The van der Waals surface area contributed by atoms with Gasteiger partial charge in [-0.25, -0.2) is 4.39 Å². The quantitative estimate of drug-likeness (QED) is 0.896. The van der Waals surface area contributed by atoms with Gasteiger partial charge < -0.3 is 15.5 Å². The molecule has 1 aromatic rings. The molecule has 0 unspecified atom stereocenters. The maximum Gasteiger partial charge on any atom is 0.254 e. The van der Waals surface area contributed by atoms with E-state index in [0.29, 0.717) is 37.3 Å². The Morgan fingerprint density at radius 1 is 1.12 bits per heavy atom. The minimum Gasteiger partial charge on any atom is -0.338 e. The fraction of sp³-hybridized carbons (Fsp3) is 0.556. The molecule has 2 amide bonds. The first-order valence-corrected chi connectivity index (χ1v) is 8.21. The van der Waals surface area contributed by atoms with Crippen LogP contribution in [0.5, 0.6) is 0 Å². The molecule has 0 bridgehead atoms. The maximum absolute atomic E-state index is 13.6. The maximum atomic E-state index is 13.6. The molecular weight excluding hydrogens is 309 g/mol. The van der Waals surface area contributed by atoms with E-state index in [-0.39, 0.29) is 23.0 Å². The van der Waals surface area contributed by atoms with Crippen molar-refractivity contribution < 1.29 is 14.0 Å². The zero-order valence-electron chi connectivity index (χ0n) is 14.8. The van der Waals surface area contributed by atoms with Crippen LogP contribution in [0.3, 0.4) is 0 Å². The van der Waals surface area contributed by atoms with Crippen LogP contribution in [-0.2, 0) is 4.79 Å². The number of amides is 2. The summed E-state index contributed by atoms with van der Waals surface area (Å²) < 4.78 is 13.6. The number of rotatable bonds is 2. The number of nitrogens with two attached hydrogens (primary N) is 1. The van der Waals surface area contributed by atoms with E-state index < -0.39 is 6.04 Å². The van der Waals surface area contributed by atoms with Gasteiger partial charge in [0.25, 0.3) is 5.91 Å². The largest absolute Gasteiger partial charge is 0.338 e. The van der Waals surface area contributed by atoms with Crippen molar-refractivity contribution in [1.29, 1.82) is 0 Å². The van der Waals surface area contributed by atoms with Gasteiger partial charge in [-0.15, -0.1) is 0 Å². The van der Waals surface area contributed by atoms with Crippen molar-refractivity contribution in [1.82, 2.24) is 9.80 Å². The van der Waals surface area contributed by atoms with Gasteiger partial charge in [-0.1, -0.05) is 26.8 Å². The Balaban J connectivity index is 1.98. The molecular formula is C18H26FN3O2. The zero-order valence-corrected chi connectivity index (χ0v) is 14.8. The van der Waals surface area contributed by atoms with Gasteiger partial charge in [-0.05, 0) is 30.0 Å². The number of piperazine rings is 1. The van der Waals surface area contributed by atoms with Gasteiger partial charge >= 0.3 is 0 Å². The standard InChI is InChI=1S/C18H26FN3O2/c1-12-5-6-13(11-14(12)19)16(23)21-7-9-22(10-8-21)17(24)15(20)18(2,3)4/h5-6,11,15H,7-10,20H2,1-4H3/t15-/m1/s1. The lowest BCUT2D eigenvalue weighted by atomic mass is 9.86. The molecule has 1 aromatic carbocycles. The Kier molecular flexibility index (Phi) is 5.28. The lowest BCUT2D eigenvalue weighted by Gasteiger charge is -2.38. The molecule has 132 valence electrons. The number of hydrogen-bond acceptors (Lipinski definition) is 3. The summed E-state index contributed by atoms with van der Waals surface area (Å²) in [7, 11) is 0. The molecule has 1 saturated heterocycles. The normalized spacial score (nSPS) is 16.9. The van der Waals surface area contributed by atoms with Crippen LogP contribution in [0, 0.1) is 18.2 Å². The Morgan fingerprint density at radius 2 is 1.67 bits per heavy atom. The average molecular weight is 335 g/mol. The number of hydrogen-bond donors (Lipinski definition) is 1. The number of carbonyl (C=O) groups excluding carboxylic acids is 2. The van der Waals surface area contributed by atoms with Crippen LogP contribution in [0.15, 0.2) is 18.2 Å². The van der Waals surface area contributed by atoms with E-state index in [9.17, 15) is 14.0 Å². The van der Waals surface area contributed by atoms with Crippen molar-refractivity contribution in [3.8, 4) is 0 Å². The topological polar surface area (TPSA) is 66.6 Å². The Morgan fingerprint density at radius 3 is 2.17 bits per heavy atom. The molecule has 1 fully saturated rings. The zero-order chi connectivity index (χ0) is 18.1. The number of carbonyl (C=O) groups is 2. The first-order valence-electron chi connectivity index (χ1n) is 8.21. The van der Waals surface area contributed by atoms with E-state index in [4.69, 9.17) is 5.73 Å². The second kappa shape index (κ2) is 6.89. The molecule has 1 aliphatic heterocycles. The second-order valence-electron chi connectivity index (χ2n) is 7.43. The number of nitrogens with zero attached hydrogens (tertiary/aromatic N) is 2. The predicted molar refractivity (Wildman–Crippen MR) is 91.1 cm³/mol. The second-order valence-corrected chi connectivity index (χ2v) is 7.43. The molecule has 1 heterocycles. The van der Waals surface area contributed by atoms with E-state index in [1.54, 1.807) is 28.9 Å². The molecule has 6 heteroatoms. The number of halogens is 1. The van der Waals surface area contributed by atoms with Crippen LogP contribution < -0.4 is 5.73 Å². The Bertz CT molecular complexity index is 632. The fourth-order valence-electron chi connectivity index (χ4n) is 2.61. The monoisotopic (exact) mass is 335 g/mol. The smallest absolute Gasteiger partial charge is 0.254 e. The first-order chi connectivity index (χ1) is 11.1. The highest BCUT2D eigenvalue weighted by Gasteiger charge is 2.33. The summed E-state index contributed by atoms with van der Waals surface area (Å²) in [5.74, 6) is -0.678. The summed E-state index contributed by atoms with van der Waals surface area (Å²) in [4.78, 5) is 28.2. The summed E-state index contributed by atoms with van der Waals surface area (Å²) in [5.41, 5.74) is 6.58. The van der Waals surface area contributed by atoms with Crippen molar-refractivity contribution in [2.45, 2.75) is 33.7 Å². The molecule has 0 spiro atoms. The predicted octanol–water partition coefficient (Wildman–Crippen LogP) is 1.79. The van der Waals surface area contributed by atoms with E-state index in [1.807, 2.05) is 20.8 Å². The summed E-state index contributed by atoms with van der Waals surface area (Å²) in [6.07, 6.45) is 0. The molecule has 0 radical (unpaired) electrons. The first kappa shape index (κ1) is 18.4. The Labute approximate surface area is 142 Å².